The van der Waals surface area contributed by atoms with Crippen molar-refractivity contribution in [1.29, 1.82) is 0 Å². The molecule has 0 saturated carbocycles. The fourth-order valence-electron chi connectivity index (χ4n) is 1.35. The summed E-state index contributed by atoms with van der Waals surface area (Å²) in [4.78, 5) is 0. The quantitative estimate of drug-likeness (QED) is 0.867. The van der Waals surface area contributed by atoms with Gasteiger partial charge < -0.3 is 10.5 Å². The average molecular weight is 248 g/mol. The number of hydrogen-bond acceptors (Lipinski definition) is 2. The zero-order valence-electron chi connectivity index (χ0n) is 9.65. The topological polar surface area (TPSA) is 35.2 Å². The zero-order valence-corrected chi connectivity index (χ0v) is 10.5. The lowest BCUT2D eigenvalue weighted by molar-refractivity contribution is 0.242. The van der Waals surface area contributed by atoms with E-state index >= 15 is 0 Å². The molecule has 0 aromatic heterocycles. The van der Waals surface area contributed by atoms with Crippen molar-refractivity contribution in [3.05, 3.63) is 29.8 Å². The summed E-state index contributed by atoms with van der Waals surface area (Å²) in [5, 5.41) is 0. The van der Waals surface area contributed by atoms with Gasteiger partial charge in [0.2, 0.25) is 0 Å². The Kier molecular flexibility index (Phi) is 7.10. The van der Waals surface area contributed by atoms with E-state index in [4.69, 9.17) is 10.5 Å². The van der Waals surface area contributed by atoms with Gasteiger partial charge in [-0.05, 0) is 38.0 Å². The van der Waals surface area contributed by atoms with Crippen LogP contribution in [-0.2, 0) is 0 Å². The van der Waals surface area contributed by atoms with Crippen molar-refractivity contribution in [2.24, 2.45) is 5.73 Å². The molecule has 0 radical (unpaired) electrons. The maximum Gasteiger partial charge on any atom is 0.119 e. The number of ether oxygens (including phenoxy) is 1. The molecule has 2 N–H and O–H groups in total. The number of hydrogen-bond donors (Lipinski definition) is 1. The average Bonchev–Trinajstić information content (AvgIpc) is 2.18. The second-order valence-electron chi connectivity index (χ2n) is 3.82. The third-order valence-corrected chi connectivity index (χ3v) is 2.10. The summed E-state index contributed by atoms with van der Waals surface area (Å²) in [6, 6.07) is 7.29. The van der Waals surface area contributed by atoms with Gasteiger partial charge in [0.05, 0.1) is 12.8 Å². The van der Waals surface area contributed by atoms with Crippen molar-refractivity contribution >= 4 is 12.4 Å². The van der Waals surface area contributed by atoms with E-state index in [0.29, 0.717) is 6.42 Å². The third kappa shape index (κ3) is 4.81. The van der Waals surface area contributed by atoms with Gasteiger partial charge in [-0.1, -0.05) is 12.1 Å². The highest BCUT2D eigenvalue weighted by molar-refractivity contribution is 5.85. The van der Waals surface area contributed by atoms with Gasteiger partial charge in [-0.25, -0.2) is 0 Å². The van der Waals surface area contributed by atoms with Crippen LogP contribution in [0.15, 0.2) is 24.3 Å². The summed E-state index contributed by atoms with van der Waals surface area (Å²) in [6.07, 6.45) is 0.528. The van der Waals surface area contributed by atoms with Crippen molar-refractivity contribution in [1.82, 2.24) is 0 Å². The van der Waals surface area contributed by atoms with Gasteiger partial charge in [0.1, 0.15) is 5.75 Å². The molecule has 0 aliphatic rings. The highest BCUT2D eigenvalue weighted by Crippen LogP contribution is 2.19. The molecule has 0 unspecified atom stereocenters. The van der Waals surface area contributed by atoms with Gasteiger partial charge in [0.25, 0.3) is 0 Å². The van der Waals surface area contributed by atoms with E-state index in [9.17, 15) is 4.39 Å². The second kappa shape index (κ2) is 7.47. The van der Waals surface area contributed by atoms with E-state index in [2.05, 4.69) is 0 Å². The molecule has 0 aliphatic carbocycles. The molecule has 0 aliphatic heterocycles. The van der Waals surface area contributed by atoms with Gasteiger partial charge in [0.15, 0.2) is 0 Å². The van der Waals surface area contributed by atoms with Crippen molar-refractivity contribution in [2.45, 2.75) is 32.4 Å². The maximum absolute atomic E-state index is 12.1. The van der Waals surface area contributed by atoms with Crippen LogP contribution in [0.25, 0.3) is 0 Å². The molecule has 1 aromatic carbocycles. The Labute approximate surface area is 102 Å². The first kappa shape index (κ1) is 15.2. The van der Waals surface area contributed by atoms with E-state index < -0.39 is 0 Å². The molecule has 0 bridgehead atoms. The van der Waals surface area contributed by atoms with Crippen LogP contribution < -0.4 is 10.5 Å². The van der Waals surface area contributed by atoms with Gasteiger partial charge in [-0.2, -0.15) is 0 Å². The summed E-state index contributed by atoms with van der Waals surface area (Å²) < 4.78 is 17.6. The molecule has 0 heterocycles. The van der Waals surface area contributed by atoms with Crippen LogP contribution in [0.3, 0.4) is 0 Å². The minimum atomic E-state index is -0.384. The van der Waals surface area contributed by atoms with Gasteiger partial charge in [0, 0.05) is 6.04 Å². The Balaban J connectivity index is 0.00000225. The largest absolute Gasteiger partial charge is 0.491 e. The predicted molar refractivity (Wildman–Crippen MR) is 67.0 cm³/mol. The van der Waals surface area contributed by atoms with E-state index in [-0.39, 0.29) is 31.2 Å². The minimum absolute atomic E-state index is 0. The van der Waals surface area contributed by atoms with E-state index in [1.807, 2.05) is 38.1 Å². The van der Waals surface area contributed by atoms with Crippen LogP contribution in [0.4, 0.5) is 4.39 Å². The highest BCUT2D eigenvalue weighted by Gasteiger charge is 2.05. The molecular weight excluding hydrogens is 229 g/mol. The number of nitrogens with two attached hydrogens (primary N) is 1. The molecule has 1 atom stereocenters. The van der Waals surface area contributed by atoms with Crippen molar-refractivity contribution in [3.8, 4) is 5.75 Å². The van der Waals surface area contributed by atoms with Gasteiger partial charge in [-0.15, -0.1) is 12.4 Å². The van der Waals surface area contributed by atoms with E-state index in [1.54, 1.807) is 0 Å². The van der Waals surface area contributed by atoms with Crippen LogP contribution in [-0.4, -0.2) is 12.8 Å². The molecule has 4 heteroatoms. The Morgan fingerprint density at radius 1 is 1.25 bits per heavy atom. The lowest BCUT2D eigenvalue weighted by atomic mass is 10.1. The SMILES string of the molecule is CC(C)Oc1ccc([C@H](N)CCF)cc1.Cl. The first-order chi connectivity index (χ1) is 7.13. The van der Waals surface area contributed by atoms with Crippen LogP contribution in [0.2, 0.25) is 0 Å². The lowest BCUT2D eigenvalue weighted by Crippen LogP contribution is -2.11. The molecule has 0 spiro atoms. The normalized spacial score (nSPS) is 12.1. The summed E-state index contributed by atoms with van der Waals surface area (Å²) in [5.41, 5.74) is 6.72. The van der Waals surface area contributed by atoms with Crippen LogP contribution in [0.1, 0.15) is 31.9 Å². The van der Waals surface area contributed by atoms with Crippen LogP contribution in [0, 0.1) is 0 Å². The summed E-state index contributed by atoms with van der Waals surface area (Å²) in [6.45, 7) is 3.57. The second-order valence-corrected chi connectivity index (χ2v) is 3.82. The minimum Gasteiger partial charge on any atom is -0.491 e. The number of benzene rings is 1. The summed E-state index contributed by atoms with van der Waals surface area (Å²) in [5.74, 6) is 0.821. The molecular formula is C12H19ClFNO. The molecule has 16 heavy (non-hydrogen) atoms. The molecule has 92 valence electrons. The number of rotatable bonds is 5. The monoisotopic (exact) mass is 247 g/mol. The molecule has 0 saturated heterocycles. The predicted octanol–water partition coefficient (Wildman–Crippen LogP) is 3.26. The molecule has 1 aromatic rings. The van der Waals surface area contributed by atoms with E-state index in [0.717, 1.165) is 11.3 Å². The van der Waals surface area contributed by atoms with Gasteiger partial charge in [-0.3, -0.25) is 4.39 Å². The van der Waals surface area contributed by atoms with Crippen molar-refractivity contribution in [3.63, 3.8) is 0 Å². The highest BCUT2D eigenvalue weighted by atomic mass is 35.5. The van der Waals surface area contributed by atoms with Crippen molar-refractivity contribution in [2.75, 3.05) is 6.67 Å². The lowest BCUT2D eigenvalue weighted by Gasteiger charge is -2.12. The smallest absolute Gasteiger partial charge is 0.119 e. The summed E-state index contributed by atoms with van der Waals surface area (Å²) >= 11 is 0. The number of alkyl halides is 1. The Bertz CT molecular complexity index is 290. The van der Waals surface area contributed by atoms with E-state index in [1.165, 1.54) is 0 Å². The Hall–Kier alpha value is -0.800. The summed E-state index contributed by atoms with van der Waals surface area (Å²) in [7, 11) is 0. The third-order valence-electron chi connectivity index (χ3n) is 2.10. The molecule has 2 nitrogen and oxygen atoms in total. The molecule has 0 fully saturated rings. The maximum atomic E-state index is 12.1. The molecule has 1 rings (SSSR count). The molecule has 0 amide bonds. The van der Waals surface area contributed by atoms with Crippen LogP contribution in [0.5, 0.6) is 5.75 Å². The van der Waals surface area contributed by atoms with Crippen LogP contribution >= 0.6 is 12.4 Å². The fraction of sp³-hybridized carbons (Fsp3) is 0.500. The first-order valence-corrected chi connectivity index (χ1v) is 5.21. The standard InChI is InChI=1S/C12H18FNO.ClH/c1-9(2)15-11-5-3-10(4-6-11)12(14)7-8-13;/h3-6,9,12H,7-8,14H2,1-2H3;1H/t12-;/m1./s1. The Morgan fingerprint density at radius 3 is 2.25 bits per heavy atom. The fourth-order valence-corrected chi connectivity index (χ4v) is 1.35. The zero-order chi connectivity index (χ0) is 11.3. The van der Waals surface area contributed by atoms with Gasteiger partial charge >= 0.3 is 0 Å². The number of halogens is 2. The Morgan fingerprint density at radius 2 is 1.81 bits per heavy atom. The van der Waals surface area contributed by atoms with Crippen molar-refractivity contribution < 1.29 is 9.13 Å². The first-order valence-electron chi connectivity index (χ1n) is 5.21.